The van der Waals surface area contributed by atoms with Crippen molar-refractivity contribution in [2.24, 2.45) is 0 Å². The summed E-state index contributed by atoms with van der Waals surface area (Å²) < 4.78 is 0. The van der Waals surface area contributed by atoms with E-state index in [1.54, 1.807) is 0 Å². The quantitative estimate of drug-likeness (QED) is 0.555. The zero-order valence-electron chi connectivity index (χ0n) is 7.96. The fourth-order valence-electron chi connectivity index (χ4n) is 1.96. The van der Waals surface area contributed by atoms with Crippen LogP contribution in [0.1, 0.15) is 5.56 Å². The topological polar surface area (TPSA) is 29.9 Å². The van der Waals surface area contributed by atoms with Crippen LogP contribution < -0.4 is 4.98 Å². The van der Waals surface area contributed by atoms with Gasteiger partial charge in [-0.05, 0) is 12.5 Å². The van der Waals surface area contributed by atoms with Gasteiger partial charge in [-0.2, -0.15) is 0 Å². The zero-order chi connectivity index (χ0) is 9.54. The van der Waals surface area contributed by atoms with E-state index in [4.69, 9.17) is 0 Å². The molecular formula is C12H11N2+. The Bertz CT molecular complexity index is 608. The molecule has 1 aromatic carbocycles. The molecule has 0 unspecified atom stereocenters. The Kier molecular flexibility index (Phi) is 1.39. The maximum absolute atomic E-state index is 3.43. The molecule has 0 atom stereocenters. The minimum Gasteiger partial charge on any atom is -0.354 e. The Morgan fingerprint density at radius 3 is 3.00 bits per heavy atom. The maximum Gasteiger partial charge on any atom is 0.177 e. The van der Waals surface area contributed by atoms with Crippen LogP contribution in [-0.4, -0.2) is 4.98 Å². The number of aromatic amines is 2. The van der Waals surface area contributed by atoms with Crippen molar-refractivity contribution >= 4 is 21.8 Å². The van der Waals surface area contributed by atoms with E-state index in [-0.39, 0.29) is 0 Å². The summed E-state index contributed by atoms with van der Waals surface area (Å²) in [5.41, 5.74) is 3.72. The van der Waals surface area contributed by atoms with E-state index in [0.29, 0.717) is 0 Å². The molecule has 2 aromatic heterocycles. The molecule has 0 aliphatic heterocycles. The van der Waals surface area contributed by atoms with Crippen LogP contribution in [0.25, 0.3) is 21.8 Å². The van der Waals surface area contributed by atoms with Gasteiger partial charge in [0.2, 0.25) is 0 Å². The zero-order valence-corrected chi connectivity index (χ0v) is 7.96. The first-order valence-corrected chi connectivity index (χ1v) is 4.73. The maximum atomic E-state index is 3.43. The van der Waals surface area contributed by atoms with Gasteiger partial charge in [-0.3, -0.25) is 0 Å². The molecule has 0 fully saturated rings. The molecule has 2 heteroatoms. The van der Waals surface area contributed by atoms with E-state index in [2.05, 4.69) is 41.2 Å². The molecule has 2 heterocycles. The van der Waals surface area contributed by atoms with Crippen molar-refractivity contribution in [2.75, 3.05) is 0 Å². The monoisotopic (exact) mass is 183 g/mol. The summed E-state index contributed by atoms with van der Waals surface area (Å²) in [4.78, 5) is 6.54. The third kappa shape index (κ3) is 0.880. The minimum absolute atomic E-state index is 1.19. The van der Waals surface area contributed by atoms with E-state index in [1.165, 1.54) is 27.4 Å². The summed E-state index contributed by atoms with van der Waals surface area (Å²) in [6.45, 7) is 2.13. The van der Waals surface area contributed by atoms with Gasteiger partial charge in [0.05, 0.1) is 10.9 Å². The summed E-state index contributed by atoms with van der Waals surface area (Å²) in [7, 11) is 0. The Balaban J connectivity index is 2.63. The summed E-state index contributed by atoms with van der Waals surface area (Å²) in [5.74, 6) is 0. The first-order chi connectivity index (χ1) is 6.86. The van der Waals surface area contributed by atoms with Crippen LogP contribution in [-0.2, 0) is 0 Å². The molecule has 3 aromatic rings. The van der Waals surface area contributed by atoms with Gasteiger partial charge in [-0.1, -0.05) is 18.2 Å². The van der Waals surface area contributed by atoms with E-state index >= 15 is 0 Å². The third-order valence-electron chi connectivity index (χ3n) is 2.69. The molecule has 0 saturated carbocycles. The first kappa shape index (κ1) is 7.56. The van der Waals surface area contributed by atoms with Gasteiger partial charge >= 0.3 is 0 Å². The summed E-state index contributed by atoms with van der Waals surface area (Å²) in [5, 5.41) is 2.54. The van der Waals surface area contributed by atoms with Gasteiger partial charge in [0.25, 0.3) is 0 Å². The molecule has 2 nitrogen and oxygen atoms in total. The van der Waals surface area contributed by atoms with Crippen LogP contribution in [0.4, 0.5) is 0 Å². The predicted octanol–water partition coefficient (Wildman–Crippen LogP) is 2.44. The van der Waals surface area contributed by atoms with E-state index in [9.17, 15) is 0 Å². The minimum atomic E-state index is 1.19. The van der Waals surface area contributed by atoms with Gasteiger partial charge < -0.3 is 4.98 Å². The second kappa shape index (κ2) is 2.58. The SMILES string of the molecule is Cc1cccc2c1[nH]c1cc[nH+]cc12. The molecule has 0 spiro atoms. The number of fused-ring (bicyclic) bond motifs is 3. The lowest BCUT2D eigenvalue weighted by molar-refractivity contribution is -0.375. The van der Waals surface area contributed by atoms with Crippen LogP contribution in [0, 0.1) is 6.92 Å². The molecule has 0 bridgehead atoms. The molecule has 14 heavy (non-hydrogen) atoms. The van der Waals surface area contributed by atoms with Crippen LogP contribution in [0.3, 0.4) is 0 Å². The molecular weight excluding hydrogens is 172 g/mol. The van der Waals surface area contributed by atoms with Crippen molar-refractivity contribution < 1.29 is 4.98 Å². The van der Waals surface area contributed by atoms with Crippen molar-refractivity contribution in [3.05, 3.63) is 42.2 Å². The Labute approximate surface area is 81.6 Å². The number of rotatable bonds is 0. The number of benzene rings is 1. The van der Waals surface area contributed by atoms with Gasteiger partial charge in [-0.25, -0.2) is 4.98 Å². The Morgan fingerprint density at radius 2 is 2.07 bits per heavy atom. The lowest BCUT2D eigenvalue weighted by atomic mass is 10.1. The second-order valence-corrected chi connectivity index (χ2v) is 3.59. The van der Waals surface area contributed by atoms with Gasteiger partial charge in [0, 0.05) is 17.0 Å². The summed E-state index contributed by atoms with van der Waals surface area (Å²) >= 11 is 0. The lowest BCUT2D eigenvalue weighted by Crippen LogP contribution is -1.96. The van der Waals surface area contributed by atoms with Crippen LogP contribution in [0.2, 0.25) is 0 Å². The number of nitrogens with one attached hydrogen (secondary N) is 2. The summed E-state index contributed by atoms with van der Waals surface area (Å²) in [6, 6.07) is 8.43. The lowest BCUT2D eigenvalue weighted by Gasteiger charge is -1.92. The predicted molar refractivity (Wildman–Crippen MR) is 57.1 cm³/mol. The number of aromatic nitrogens is 2. The first-order valence-electron chi connectivity index (χ1n) is 4.73. The van der Waals surface area contributed by atoms with Crippen LogP contribution in [0.15, 0.2) is 36.7 Å². The van der Waals surface area contributed by atoms with E-state index < -0.39 is 0 Å². The molecule has 68 valence electrons. The molecule has 2 N–H and O–H groups in total. The summed E-state index contributed by atoms with van der Waals surface area (Å²) in [6.07, 6.45) is 3.97. The van der Waals surface area contributed by atoms with Gasteiger partial charge in [0.15, 0.2) is 12.4 Å². The molecule has 0 radical (unpaired) electrons. The van der Waals surface area contributed by atoms with Crippen molar-refractivity contribution in [1.29, 1.82) is 0 Å². The highest BCUT2D eigenvalue weighted by atomic mass is 14.7. The highest BCUT2D eigenvalue weighted by molar-refractivity contribution is 6.07. The highest BCUT2D eigenvalue weighted by Crippen LogP contribution is 2.25. The molecule has 3 rings (SSSR count). The van der Waals surface area contributed by atoms with Crippen LogP contribution >= 0.6 is 0 Å². The van der Waals surface area contributed by atoms with Gasteiger partial charge in [-0.15, -0.1) is 0 Å². The molecule has 0 amide bonds. The van der Waals surface area contributed by atoms with E-state index in [1.807, 2.05) is 12.4 Å². The van der Waals surface area contributed by atoms with Gasteiger partial charge in [0.1, 0.15) is 0 Å². The smallest absolute Gasteiger partial charge is 0.177 e. The van der Waals surface area contributed by atoms with E-state index in [0.717, 1.165) is 0 Å². The molecule has 0 aliphatic rings. The number of hydrogen-bond donors (Lipinski definition) is 1. The van der Waals surface area contributed by atoms with Crippen molar-refractivity contribution in [3.8, 4) is 0 Å². The average molecular weight is 183 g/mol. The average Bonchev–Trinajstić information content (AvgIpc) is 2.59. The fraction of sp³-hybridized carbons (Fsp3) is 0.0833. The van der Waals surface area contributed by atoms with Crippen molar-refractivity contribution in [3.63, 3.8) is 0 Å². The number of aryl methyl sites for hydroxylation is 1. The highest BCUT2D eigenvalue weighted by Gasteiger charge is 2.06. The Morgan fingerprint density at radius 1 is 1.14 bits per heavy atom. The van der Waals surface area contributed by atoms with Crippen molar-refractivity contribution in [1.82, 2.24) is 4.98 Å². The number of para-hydroxylation sites is 1. The van der Waals surface area contributed by atoms with Crippen LogP contribution in [0.5, 0.6) is 0 Å². The Hall–Kier alpha value is -1.83. The number of H-pyrrole nitrogens is 2. The number of hydrogen-bond acceptors (Lipinski definition) is 0. The standard InChI is InChI=1S/C12H10N2/c1-8-3-2-4-9-10-7-13-6-5-11(10)14-12(8)9/h2-7,14H,1H3/p+1. The number of pyridine rings is 1. The largest absolute Gasteiger partial charge is 0.354 e. The van der Waals surface area contributed by atoms with Crippen molar-refractivity contribution in [2.45, 2.75) is 6.92 Å². The third-order valence-corrected chi connectivity index (χ3v) is 2.69. The second-order valence-electron chi connectivity index (χ2n) is 3.59. The fourth-order valence-corrected chi connectivity index (χ4v) is 1.96. The molecule has 0 aliphatic carbocycles. The normalized spacial score (nSPS) is 11.2. The molecule has 0 saturated heterocycles.